The predicted octanol–water partition coefficient (Wildman–Crippen LogP) is 2.50. The molecule has 0 aliphatic rings. The van der Waals surface area contributed by atoms with Crippen molar-refractivity contribution >= 4 is 7.32 Å². The summed E-state index contributed by atoms with van der Waals surface area (Å²) >= 11 is 0. The van der Waals surface area contributed by atoms with Crippen LogP contribution in [0.4, 0.5) is 39.5 Å². The molecule has 132 valence electrons. The van der Waals surface area contributed by atoms with Gasteiger partial charge in [0.2, 0.25) is 0 Å². The highest BCUT2D eigenvalue weighted by Gasteiger charge is 2.43. The average Bonchev–Trinajstić information content (AvgIpc) is 2.46. The van der Waals surface area contributed by atoms with Crippen LogP contribution in [0, 0.1) is 0 Å². The normalized spacial score (nSPS) is 13.5. The van der Waals surface area contributed by atoms with Gasteiger partial charge in [-0.15, -0.1) is 0 Å². The van der Waals surface area contributed by atoms with Gasteiger partial charge in [-0.3, -0.25) is 0 Å². The van der Waals surface area contributed by atoms with Gasteiger partial charge < -0.3 is 0 Å². The zero-order valence-corrected chi connectivity index (χ0v) is 10.0. The summed E-state index contributed by atoms with van der Waals surface area (Å²) in [5.74, 6) is 0. The molecule has 0 heterocycles. The van der Waals surface area contributed by atoms with Crippen molar-refractivity contribution in [3.05, 3.63) is 0 Å². The summed E-state index contributed by atoms with van der Waals surface area (Å²) in [5.41, 5.74) is 0. The Morgan fingerprint density at radius 2 is 0.773 bits per heavy atom. The summed E-state index contributed by atoms with van der Waals surface area (Å²) in [7, 11) is -3.17. The van der Waals surface area contributed by atoms with Crippen molar-refractivity contribution in [3.8, 4) is 0 Å². The van der Waals surface area contributed by atoms with Gasteiger partial charge in [0.15, 0.2) is 20.0 Å². The molecular weight excluding hydrogens is 350 g/mol. The largest absolute Gasteiger partial charge is 0.726 e. The van der Waals surface area contributed by atoms with Crippen LogP contribution in [0.5, 0.6) is 0 Å². The van der Waals surface area contributed by atoms with Crippen LogP contribution in [-0.4, -0.2) is 45.7 Å². The monoisotopic (exact) mass is 356 g/mol. The maximum atomic E-state index is 12.3. The Morgan fingerprint density at radius 3 is 0.955 bits per heavy atom. The molecule has 0 amide bonds. The molecule has 0 saturated carbocycles. The second-order valence-electron chi connectivity index (χ2n) is 3.14. The van der Waals surface area contributed by atoms with Gasteiger partial charge in [-0.1, -0.05) is 0 Å². The van der Waals surface area contributed by atoms with E-state index in [4.69, 9.17) is 0 Å². The molecule has 0 unspecified atom stereocenters. The van der Waals surface area contributed by atoms with E-state index in [1.165, 1.54) is 0 Å². The van der Waals surface area contributed by atoms with Crippen molar-refractivity contribution in [2.24, 2.45) is 0 Å². The van der Waals surface area contributed by atoms with Crippen molar-refractivity contribution in [2.45, 2.75) is 18.3 Å². The summed E-state index contributed by atoms with van der Waals surface area (Å²) in [6, 6.07) is 0. The first-order valence-corrected chi connectivity index (χ1v) is 4.82. The van der Waals surface area contributed by atoms with Crippen molar-refractivity contribution in [3.63, 3.8) is 0 Å². The SMILES string of the molecule is FCC(F)(F)OOB(OOC(F)(F)CF)OOC(F)(F)CF. The molecule has 0 aromatic rings. The van der Waals surface area contributed by atoms with Gasteiger partial charge >= 0.3 is 25.6 Å². The van der Waals surface area contributed by atoms with E-state index in [1.807, 2.05) is 0 Å². The van der Waals surface area contributed by atoms with Crippen LogP contribution in [0.3, 0.4) is 0 Å². The molecule has 0 saturated heterocycles. The first-order chi connectivity index (χ1) is 9.97. The molecule has 0 bridgehead atoms. The first kappa shape index (κ1) is 21.2. The van der Waals surface area contributed by atoms with E-state index in [0.717, 1.165) is 0 Å². The minimum atomic E-state index is -4.66. The summed E-state index contributed by atoms with van der Waals surface area (Å²) in [6.45, 7) is -7.45. The number of rotatable bonds is 12. The van der Waals surface area contributed by atoms with Gasteiger partial charge in [-0.05, 0) is 0 Å². The number of hydrogen-bond donors (Lipinski definition) is 0. The van der Waals surface area contributed by atoms with Crippen molar-refractivity contribution in [1.29, 1.82) is 0 Å². The summed E-state index contributed by atoms with van der Waals surface area (Å²) in [5, 5.41) is 0. The molecule has 0 rings (SSSR count). The number of hydrogen-bond acceptors (Lipinski definition) is 6. The van der Waals surface area contributed by atoms with Crippen LogP contribution < -0.4 is 0 Å². The van der Waals surface area contributed by atoms with Crippen LogP contribution in [0.2, 0.25) is 0 Å². The Bertz CT molecular complexity index is 273. The van der Waals surface area contributed by atoms with Crippen molar-refractivity contribution < 1.29 is 68.6 Å². The van der Waals surface area contributed by atoms with E-state index in [0.29, 0.717) is 0 Å². The Morgan fingerprint density at radius 1 is 0.545 bits per heavy atom. The van der Waals surface area contributed by atoms with E-state index < -0.39 is 45.7 Å². The molecule has 0 aromatic heterocycles. The van der Waals surface area contributed by atoms with Crippen LogP contribution in [-0.2, 0) is 29.1 Å². The van der Waals surface area contributed by atoms with E-state index in [-0.39, 0.29) is 0 Å². The molecule has 16 heteroatoms. The second-order valence-corrected chi connectivity index (χ2v) is 3.14. The molecule has 0 fully saturated rings. The summed E-state index contributed by atoms with van der Waals surface area (Å²) in [4.78, 5) is 18.7. The van der Waals surface area contributed by atoms with E-state index in [2.05, 4.69) is 29.1 Å². The van der Waals surface area contributed by atoms with Gasteiger partial charge in [0.25, 0.3) is 0 Å². The maximum Gasteiger partial charge on any atom is 0.726 e. The zero-order valence-electron chi connectivity index (χ0n) is 10.0. The van der Waals surface area contributed by atoms with E-state index >= 15 is 0 Å². The predicted molar refractivity (Wildman–Crippen MR) is 45.0 cm³/mol. The minimum absolute atomic E-state index is 2.48. The zero-order chi connectivity index (χ0) is 17.4. The van der Waals surface area contributed by atoms with Crippen molar-refractivity contribution in [1.82, 2.24) is 0 Å². The quantitative estimate of drug-likeness (QED) is 0.232. The molecule has 0 N–H and O–H groups in total. The highest BCUT2D eigenvalue weighted by atomic mass is 19.3. The van der Waals surface area contributed by atoms with Gasteiger partial charge in [0.1, 0.15) is 0 Å². The Hall–Kier alpha value is -0.805. The van der Waals surface area contributed by atoms with E-state index in [1.54, 1.807) is 0 Å². The van der Waals surface area contributed by atoms with Gasteiger partial charge in [-0.25, -0.2) is 27.6 Å². The Balaban J connectivity index is 4.56. The lowest BCUT2D eigenvalue weighted by molar-refractivity contribution is -0.477. The highest BCUT2D eigenvalue weighted by molar-refractivity contribution is 6.35. The number of alkyl halides is 9. The number of halogens is 9. The molecule has 0 atom stereocenters. The summed E-state index contributed by atoms with van der Waals surface area (Å²) in [6.07, 6.45) is -14.0. The molecule has 0 spiro atoms. The first-order valence-electron chi connectivity index (χ1n) is 4.82. The van der Waals surface area contributed by atoms with Crippen LogP contribution in [0.25, 0.3) is 0 Å². The summed E-state index contributed by atoms with van der Waals surface area (Å²) < 4.78 is 109. The second kappa shape index (κ2) is 8.73. The van der Waals surface area contributed by atoms with E-state index in [9.17, 15) is 39.5 Å². The van der Waals surface area contributed by atoms with Gasteiger partial charge in [-0.2, -0.15) is 41.0 Å². The van der Waals surface area contributed by atoms with Gasteiger partial charge in [0.05, 0.1) is 0 Å². The lowest BCUT2D eigenvalue weighted by Crippen LogP contribution is -2.38. The van der Waals surface area contributed by atoms with Crippen LogP contribution >= 0.6 is 0 Å². The molecule has 22 heavy (non-hydrogen) atoms. The third-order valence-electron chi connectivity index (χ3n) is 1.21. The fraction of sp³-hybridized carbons (Fsp3) is 1.00. The fourth-order valence-electron chi connectivity index (χ4n) is 0.444. The third-order valence-corrected chi connectivity index (χ3v) is 1.21. The molecule has 6 nitrogen and oxygen atoms in total. The van der Waals surface area contributed by atoms with Gasteiger partial charge in [0, 0.05) is 0 Å². The molecule has 0 radical (unpaired) electrons. The standard InChI is InChI=1S/C6H6BF9O6/c8-1-4(11,12)17-20-7(21-18-5(13,14)2-9)22-19-6(15,16)3-10/h1-3H2. The van der Waals surface area contributed by atoms with Crippen LogP contribution in [0.1, 0.15) is 0 Å². The maximum absolute atomic E-state index is 12.3. The average molecular weight is 356 g/mol. The minimum Gasteiger partial charge on any atom is -0.241 e. The Kier molecular flexibility index (Phi) is 8.41. The third kappa shape index (κ3) is 9.26. The highest BCUT2D eigenvalue weighted by Crippen LogP contribution is 2.22. The molecule has 0 aromatic carbocycles. The topological polar surface area (TPSA) is 55.4 Å². The molecule has 0 aliphatic heterocycles. The van der Waals surface area contributed by atoms with Crippen molar-refractivity contribution in [2.75, 3.05) is 20.0 Å². The lowest BCUT2D eigenvalue weighted by Gasteiger charge is -2.18. The van der Waals surface area contributed by atoms with Crippen LogP contribution in [0.15, 0.2) is 0 Å². The molecular formula is C6H6BF9O6. The lowest BCUT2D eigenvalue weighted by atomic mass is 10.3. The fourth-order valence-corrected chi connectivity index (χ4v) is 0.444. The Labute approximate surface area is 115 Å². The molecule has 0 aliphatic carbocycles. The smallest absolute Gasteiger partial charge is 0.241 e.